The normalized spacial score (nSPS) is 12.6. The standard InChI is InChI=1S/C14H15BrFNO/c1-2-17-13(12-6-7-18-14(12)15)9-10-4-3-5-11(16)8-10/h3-8,13,17H,2,9H2,1H3. The van der Waals surface area contributed by atoms with Crippen LogP contribution >= 0.6 is 15.9 Å². The number of nitrogens with one attached hydrogen (secondary N) is 1. The average Bonchev–Trinajstić information content (AvgIpc) is 2.75. The molecule has 1 aromatic carbocycles. The summed E-state index contributed by atoms with van der Waals surface area (Å²) in [4.78, 5) is 0. The van der Waals surface area contributed by atoms with Crippen molar-refractivity contribution in [3.8, 4) is 0 Å². The second kappa shape index (κ2) is 6.16. The van der Waals surface area contributed by atoms with Crippen LogP contribution in [0.5, 0.6) is 0 Å². The van der Waals surface area contributed by atoms with E-state index in [-0.39, 0.29) is 11.9 Å². The Kier molecular flexibility index (Phi) is 4.55. The number of benzene rings is 1. The van der Waals surface area contributed by atoms with Crippen LogP contribution in [0.1, 0.15) is 24.1 Å². The highest BCUT2D eigenvalue weighted by Crippen LogP contribution is 2.27. The zero-order valence-electron chi connectivity index (χ0n) is 10.1. The number of hydrogen-bond acceptors (Lipinski definition) is 2. The molecule has 1 unspecified atom stereocenters. The van der Waals surface area contributed by atoms with Gasteiger partial charge in [0.1, 0.15) is 5.82 Å². The molecule has 4 heteroatoms. The number of rotatable bonds is 5. The molecule has 0 radical (unpaired) electrons. The molecule has 0 saturated heterocycles. The van der Waals surface area contributed by atoms with Crippen LogP contribution in [0.25, 0.3) is 0 Å². The largest absolute Gasteiger partial charge is 0.457 e. The maximum atomic E-state index is 13.2. The summed E-state index contributed by atoms with van der Waals surface area (Å²) in [6.45, 7) is 2.89. The van der Waals surface area contributed by atoms with E-state index in [2.05, 4.69) is 21.2 Å². The second-order valence-corrected chi connectivity index (χ2v) is 4.81. The van der Waals surface area contributed by atoms with E-state index >= 15 is 0 Å². The zero-order chi connectivity index (χ0) is 13.0. The molecule has 0 aliphatic carbocycles. The molecule has 0 bridgehead atoms. The Morgan fingerprint density at radius 3 is 2.83 bits per heavy atom. The van der Waals surface area contributed by atoms with Gasteiger partial charge in [-0.25, -0.2) is 4.39 Å². The van der Waals surface area contributed by atoms with Crippen LogP contribution in [-0.2, 0) is 6.42 Å². The summed E-state index contributed by atoms with van der Waals surface area (Å²) in [6, 6.07) is 8.73. The number of hydrogen-bond donors (Lipinski definition) is 1. The van der Waals surface area contributed by atoms with Gasteiger partial charge in [-0.05, 0) is 52.7 Å². The van der Waals surface area contributed by atoms with Crippen molar-refractivity contribution in [3.63, 3.8) is 0 Å². The van der Waals surface area contributed by atoms with Crippen LogP contribution < -0.4 is 5.32 Å². The minimum Gasteiger partial charge on any atom is -0.457 e. The van der Waals surface area contributed by atoms with Crippen LogP contribution in [-0.4, -0.2) is 6.54 Å². The lowest BCUT2D eigenvalue weighted by molar-refractivity contribution is 0.505. The van der Waals surface area contributed by atoms with E-state index < -0.39 is 0 Å². The Labute approximate surface area is 114 Å². The van der Waals surface area contributed by atoms with Crippen LogP contribution in [0.3, 0.4) is 0 Å². The third kappa shape index (κ3) is 3.21. The molecular formula is C14H15BrFNO. The number of halogens is 2. The van der Waals surface area contributed by atoms with E-state index in [1.165, 1.54) is 6.07 Å². The molecule has 2 rings (SSSR count). The first-order valence-corrected chi connectivity index (χ1v) is 6.70. The predicted molar refractivity (Wildman–Crippen MR) is 72.9 cm³/mol. The van der Waals surface area contributed by atoms with Crippen molar-refractivity contribution in [2.24, 2.45) is 0 Å². The molecule has 0 saturated carbocycles. The Morgan fingerprint density at radius 1 is 1.39 bits per heavy atom. The predicted octanol–water partition coefficient (Wildman–Crippen LogP) is 4.07. The monoisotopic (exact) mass is 311 g/mol. The lowest BCUT2D eigenvalue weighted by Gasteiger charge is -2.17. The van der Waals surface area contributed by atoms with E-state index in [4.69, 9.17) is 4.42 Å². The highest BCUT2D eigenvalue weighted by molar-refractivity contribution is 9.10. The quantitative estimate of drug-likeness (QED) is 0.900. The maximum Gasteiger partial charge on any atom is 0.173 e. The van der Waals surface area contributed by atoms with Gasteiger partial charge in [0.2, 0.25) is 0 Å². The lowest BCUT2D eigenvalue weighted by atomic mass is 10.0. The van der Waals surface area contributed by atoms with E-state index in [0.29, 0.717) is 0 Å². The van der Waals surface area contributed by atoms with Gasteiger partial charge >= 0.3 is 0 Å². The third-order valence-corrected chi connectivity index (χ3v) is 3.45. The molecule has 1 atom stereocenters. The van der Waals surface area contributed by atoms with Gasteiger partial charge in [-0.2, -0.15) is 0 Å². The van der Waals surface area contributed by atoms with Crippen molar-refractivity contribution >= 4 is 15.9 Å². The number of furan rings is 1. The van der Waals surface area contributed by atoms with Gasteiger partial charge < -0.3 is 9.73 Å². The van der Waals surface area contributed by atoms with Crippen molar-refractivity contribution in [2.75, 3.05) is 6.54 Å². The fourth-order valence-corrected chi connectivity index (χ4v) is 2.51. The number of likely N-dealkylation sites (N-methyl/N-ethyl adjacent to an activating group) is 1. The van der Waals surface area contributed by atoms with Crippen LogP contribution in [0.4, 0.5) is 4.39 Å². The van der Waals surface area contributed by atoms with Gasteiger partial charge in [-0.15, -0.1) is 0 Å². The van der Waals surface area contributed by atoms with Crippen LogP contribution in [0.2, 0.25) is 0 Å². The Bertz CT molecular complexity index is 512. The molecule has 2 aromatic rings. The van der Waals surface area contributed by atoms with E-state index in [1.54, 1.807) is 18.4 Å². The summed E-state index contributed by atoms with van der Waals surface area (Å²) in [7, 11) is 0. The minimum absolute atomic E-state index is 0.116. The van der Waals surface area contributed by atoms with Gasteiger partial charge in [0.05, 0.1) is 6.26 Å². The Morgan fingerprint density at radius 2 is 2.22 bits per heavy atom. The van der Waals surface area contributed by atoms with Crippen LogP contribution in [0.15, 0.2) is 45.7 Å². The lowest BCUT2D eigenvalue weighted by Crippen LogP contribution is -2.22. The first kappa shape index (κ1) is 13.3. The molecule has 0 fully saturated rings. The van der Waals surface area contributed by atoms with E-state index in [1.807, 2.05) is 19.1 Å². The summed E-state index contributed by atoms with van der Waals surface area (Å²) in [5.74, 6) is -0.200. The molecule has 96 valence electrons. The van der Waals surface area contributed by atoms with Crippen molar-refractivity contribution < 1.29 is 8.81 Å². The Balaban J connectivity index is 2.19. The van der Waals surface area contributed by atoms with Crippen molar-refractivity contribution in [1.29, 1.82) is 0 Å². The molecule has 0 amide bonds. The van der Waals surface area contributed by atoms with Gasteiger partial charge in [-0.3, -0.25) is 0 Å². The van der Waals surface area contributed by atoms with E-state index in [9.17, 15) is 4.39 Å². The van der Waals surface area contributed by atoms with Crippen molar-refractivity contribution in [1.82, 2.24) is 5.32 Å². The topological polar surface area (TPSA) is 25.2 Å². The molecule has 18 heavy (non-hydrogen) atoms. The fourth-order valence-electron chi connectivity index (χ4n) is 1.99. The first-order valence-electron chi connectivity index (χ1n) is 5.91. The fraction of sp³-hybridized carbons (Fsp3) is 0.286. The van der Waals surface area contributed by atoms with Gasteiger partial charge in [0.15, 0.2) is 4.67 Å². The smallest absolute Gasteiger partial charge is 0.173 e. The molecule has 2 nitrogen and oxygen atoms in total. The van der Waals surface area contributed by atoms with Gasteiger partial charge in [0, 0.05) is 11.6 Å². The van der Waals surface area contributed by atoms with Crippen LogP contribution in [0, 0.1) is 5.82 Å². The summed E-state index contributed by atoms with van der Waals surface area (Å²) in [5.41, 5.74) is 2.02. The van der Waals surface area contributed by atoms with Gasteiger partial charge in [-0.1, -0.05) is 19.1 Å². The zero-order valence-corrected chi connectivity index (χ0v) is 11.7. The highest BCUT2D eigenvalue weighted by Gasteiger charge is 2.16. The molecular weight excluding hydrogens is 297 g/mol. The average molecular weight is 312 g/mol. The van der Waals surface area contributed by atoms with E-state index in [0.717, 1.165) is 28.8 Å². The Hall–Kier alpha value is -1.13. The van der Waals surface area contributed by atoms with Gasteiger partial charge in [0.25, 0.3) is 0 Å². The third-order valence-electron chi connectivity index (χ3n) is 2.80. The molecule has 0 spiro atoms. The summed E-state index contributed by atoms with van der Waals surface area (Å²) >= 11 is 3.38. The minimum atomic E-state index is -0.200. The summed E-state index contributed by atoms with van der Waals surface area (Å²) in [6.07, 6.45) is 2.37. The SMILES string of the molecule is CCNC(Cc1cccc(F)c1)c1ccoc1Br. The second-order valence-electron chi connectivity index (χ2n) is 4.09. The highest BCUT2D eigenvalue weighted by atomic mass is 79.9. The summed E-state index contributed by atoms with van der Waals surface area (Å²) in [5, 5.41) is 3.38. The summed E-state index contributed by atoms with van der Waals surface area (Å²) < 4.78 is 19.2. The molecule has 0 aliphatic rings. The first-order chi connectivity index (χ1) is 8.70. The molecule has 1 N–H and O–H groups in total. The molecule has 1 aromatic heterocycles. The molecule has 1 heterocycles. The van der Waals surface area contributed by atoms with Crippen molar-refractivity contribution in [2.45, 2.75) is 19.4 Å². The maximum absolute atomic E-state index is 13.2. The van der Waals surface area contributed by atoms with Crippen molar-refractivity contribution in [3.05, 3.63) is 58.2 Å². The molecule has 0 aliphatic heterocycles.